The molecule has 2 aliphatic rings. The molecule has 1 N–H and O–H groups in total. The third-order valence-corrected chi connectivity index (χ3v) is 3.09. The smallest absolute Gasteiger partial charge is 0.376 e. The van der Waals surface area contributed by atoms with Gasteiger partial charge in [0.25, 0.3) is 0 Å². The summed E-state index contributed by atoms with van der Waals surface area (Å²) in [6.07, 6.45) is 2.34. The van der Waals surface area contributed by atoms with Gasteiger partial charge >= 0.3 is 5.97 Å². The van der Waals surface area contributed by atoms with Crippen molar-refractivity contribution >= 4 is 17.6 Å². The number of hydrogen-bond acceptors (Lipinski definition) is 5. The number of hydrogen-bond donors (Lipinski definition) is 1. The molecule has 2 atom stereocenters. The summed E-state index contributed by atoms with van der Waals surface area (Å²) < 4.78 is 0. The van der Waals surface area contributed by atoms with Crippen LogP contribution in [0.2, 0.25) is 0 Å². The zero-order chi connectivity index (χ0) is 11.8. The van der Waals surface area contributed by atoms with E-state index in [1.165, 1.54) is 6.92 Å². The van der Waals surface area contributed by atoms with Gasteiger partial charge in [-0.25, -0.2) is 4.79 Å². The lowest BCUT2D eigenvalue weighted by atomic mass is 9.88. The first-order valence-electron chi connectivity index (χ1n) is 5.27. The van der Waals surface area contributed by atoms with Crippen molar-refractivity contribution in [2.45, 2.75) is 38.7 Å². The van der Waals surface area contributed by atoms with Gasteiger partial charge in [-0.3, -0.25) is 4.79 Å². The normalized spacial score (nSPS) is 31.4. The summed E-state index contributed by atoms with van der Waals surface area (Å²) in [4.78, 5) is 32.5. The van der Waals surface area contributed by atoms with Gasteiger partial charge in [0.1, 0.15) is 0 Å². The maximum atomic E-state index is 11.9. The molecule has 1 amide bonds. The summed E-state index contributed by atoms with van der Waals surface area (Å²) in [5.74, 6) is -1.01. The summed E-state index contributed by atoms with van der Waals surface area (Å²) in [5, 5.41) is 3.84. The topological polar surface area (TPSA) is 77.0 Å². The van der Waals surface area contributed by atoms with Crippen molar-refractivity contribution in [2.24, 2.45) is 11.1 Å². The van der Waals surface area contributed by atoms with Gasteiger partial charge in [-0.2, -0.15) is 5.48 Å². The van der Waals surface area contributed by atoms with Crippen molar-refractivity contribution in [2.75, 3.05) is 0 Å². The van der Waals surface area contributed by atoms with Gasteiger partial charge in [0.05, 0.1) is 11.6 Å². The van der Waals surface area contributed by atoms with E-state index in [1.54, 1.807) is 0 Å². The fourth-order valence-corrected chi connectivity index (χ4v) is 2.34. The second kappa shape index (κ2) is 3.77. The average molecular weight is 226 g/mol. The van der Waals surface area contributed by atoms with Gasteiger partial charge in [-0.1, -0.05) is 5.16 Å². The number of fused-ring (bicyclic) bond motifs is 1. The van der Waals surface area contributed by atoms with Crippen LogP contribution in [0, 0.1) is 5.92 Å². The van der Waals surface area contributed by atoms with Gasteiger partial charge in [-0.15, -0.1) is 0 Å². The molecule has 2 unspecified atom stereocenters. The fourth-order valence-electron chi connectivity index (χ4n) is 2.34. The highest BCUT2D eigenvalue weighted by atomic mass is 16.7. The molecule has 1 heterocycles. The number of rotatable bonds is 1. The molecule has 88 valence electrons. The molecule has 0 aromatic carbocycles. The Labute approximate surface area is 92.9 Å². The molecule has 1 saturated carbocycles. The summed E-state index contributed by atoms with van der Waals surface area (Å²) >= 11 is 0. The number of carbonyl (C=O) groups excluding carboxylic acids is 2. The maximum Gasteiger partial charge on any atom is 0.378 e. The Bertz CT molecular complexity index is 366. The Kier molecular flexibility index (Phi) is 2.57. The summed E-state index contributed by atoms with van der Waals surface area (Å²) in [6, 6.07) is 0. The molecule has 0 aromatic heterocycles. The van der Waals surface area contributed by atoms with Gasteiger partial charge in [0.2, 0.25) is 11.5 Å². The summed E-state index contributed by atoms with van der Waals surface area (Å²) in [7, 11) is 0. The van der Waals surface area contributed by atoms with Crippen LogP contribution in [0.3, 0.4) is 0 Å². The molecule has 0 spiro atoms. The minimum Gasteiger partial charge on any atom is -0.376 e. The molecule has 6 nitrogen and oxygen atoms in total. The van der Waals surface area contributed by atoms with Gasteiger partial charge in [0, 0.05) is 13.3 Å². The molecule has 16 heavy (non-hydrogen) atoms. The molecule has 6 heteroatoms. The standard InChI is InChI=1S/C10H14N2O4/c1-6-8-4-3-5-10(8,16-11-6)9(14)15-12-7(2)13/h8H,3-5H2,1-2H3,(H,12,13). The van der Waals surface area contributed by atoms with Crippen molar-refractivity contribution in [1.82, 2.24) is 5.48 Å². The zero-order valence-corrected chi connectivity index (χ0v) is 9.28. The Hall–Kier alpha value is -1.59. The van der Waals surface area contributed by atoms with E-state index in [-0.39, 0.29) is 5.92 Å². The first-order valence-corrected chi connectivity index (χ1v) is 5.27. The van der Waals surface area contributed by atoms with Gasteiger partial charge in [0.15, 0.2) is 0 Å². The minimum absolute atomic E-state index is 0.0197. The van der Waals surface area contributed by atoms with Crippen molar-refractivity contribution in [1.29, 1.82) is 0 Å². The van der Waals surface area contributed by atoms with Crippen LogP contribution in [0.5, 0.6) is 0 Å². The number of hydroxylamine groups is 1. The first-order chi connectivity index (χ1) is 7.56. The molecular weight excluding hydrogens is 212 g/mol. The second-order valence-electron chi connectivity index (χ2n) is 4.21. The number of nitrogens with one attached hydrogen (secondary N) is 1. The lowest BCUT2D eigenvalue weighted by Gasteiger charge is -2.23. The third-order valence-electron chi connectivity index (χ3n) is 3.09. The number of amides is 1. The molecule has 0 bridgehead atoms. The predicted octanol–water partition coefficient (Wildman–Crippen LogP) is 0.526. The van der Waals surface area contributed by atoms with Crippen LogP contribution in [0.15, 0.2) is 5.16 Å². The third kappa shape index (κ3) is 1.54. The van der Waals surface area contributed by atoms with Crippen molar-refractivity contribution < 1.29 is 19.3 Å². The molecule has 0 saturated heterocycles. The van der Waals surface area contributed by atoms with E-state index in [0.29, 0.717) is 6.42 Å². The van der Waals surface area contributed by atoms with E-state index < -0.39 is 17.5 Å². The highest BCUT2D eigenvalue weighted by Gasteiger charge is 2.58. The van der Waals surface area contributed by atoms with E-state index in [1.807, 2.05) is 12.4 Å². The SMILES string of the molecule is CC(=O)NOC(=O)C12CCCC1C(C)=NO2. The lowest BCUT2D eigenvalue weighted by Crippen LogP contribution is -2.46. The van der Waals surface area contributed by atoms with Crippen LogP contribution in [-0.4, -0.2) is 23.2 Å². The molecule has 0 radical (unpaired) electrons. The quantitative estimate of drug-likeness (QED) is 0.661. The van der Waals surface area contributed by atoms with Crippen molar-refractivity contribution in [3.63, 3.8) is 0 Å². The number of nitrogens with zero attached hydrogens (tertiary/aromatic N) is 1. The minimum atomic E-state index is -1.01. The monoisotopic (exact) mass is 226 g/mol. The highest BCUT2D eigenvalue weighted by Crippen LogP contribution is 2.44. The molecule has 1 aliphatic heterocycles. The maximum absolute atomic E-state index is 11.9. The largest absolute Gasteiger partial charge is 0.378 e. The van der Waals surface area contributed by atoms with Gasteiger partial charge in [-0.05, 0) is 19.8 Å². The van der Waals surface area contributed by atoms with Gasteiger partial charge < -0.3 is 9.68 Å². The predicted molar refractivity (Wildman–Crippen MR) is 54.2 cm³/mol. The Morgan fingerprint density at radius 2 is 2.38 bits per heavy atom. The average Bonchev–Trinajstić information content (AvgIpc) is 2.77. The van der Waals surface area contributed by atoms with Crippen LogP contribution in [0.25, 0.3) is 0 Å². The molecule has 0 aromatic rings. The first kappa shape index (κ1) is 10.9. The van der Waals surface area contributed by atoms with Crippen LogP contribution in [0.4, 0.5) is 0 Å². The molecular formula is C10H14N2O4. The van der Waals surface area contributed by atoms with Crippen LogP contribution < -0.4 is 5.48 Å². The Morgan fingerprint density at radius 3 is 3.06 bits per heavy atom. The zero-order valence-electron chi connectivity index (χ0n) is 9.28. The van der Waals surface area contributed by atoms with Crippen LogP contribution >= 0.6 is 0 Å². The fraction of sp³-hybridized carbons (Fsp3) is 0.700. The Morgan fingerprint density at radius 1 is 1.62 bits per heavy atom. The van der Waals surface area contributed by atoms with Crippen LogP contribution in [0.1, 0.15) is 33.1 Å². The van der Waals surface area contributed by atoms with E-state index in [0.717, 1.165) is 18.6 Å². The molecule has 2 rings (SSSR count). The number of carbonyl (C=O) groups is 2. The highest BCUT2D eigenvalue weighted by molar-refractivity contribution is 5.95. The molecule has 1 aliphatic carbocycles. The van der Waals surface area contributed by atoms with E-state index in [9.17, 15) is 9.59 Å². The second-order valence-corrected chi connectivity index (χ2v) is 4.21. The summed E-state index contributed by atoms with van der Waals surface area (Å²) in [6.45, 7) is 3.11. The van der Waals surface area contributed by atoms with E-state index >= 15 is 0 Å². The van der Waals surface area contributed by atoms with Crippen molar-refractivity contribution in [3.8, 4) is 0 Å². The van der Waals surface area contributed by atoms with Crippen molar-refractivity contribution in [3.05, 3.63) is 0 Å². The number of oxime groups is 1. The lowest BCUT2D eigenvalue weighted by molar-refractivity contribution is -0.181. The van der Waals surface area contributed by atoms with E-state index in [2.05, 4.69) is 5.16 Å². The van der Waals surface area contributed by atoms with Crippen LogP contribution in [-0.2, 0) is 19.3 Å². The van der Waals surface area contributed by atoms with E-state index in [4.69, 9.17) is 9.68 Å². The molecule has 1 fully saturated rings. The Balaban J connectivity index is 2.08. The summed E-state index contributed by atoms with van der Waals surface area (Å²) in [5.41, 5.74) is 1.83.